The van der Waals surface area contributed by atoms with Crippen LogP contribution in [0.25, 0.3) is 11.4 Å². The van der Waals surface area contributed by atoms with Gasteiger partial charge < -0.3 is 19.5 Å². The van der Waals surface area contributed by atoms with Gasteiger partial charge in [-0.05, 0) is 55.7 Å². The van der Waals surface area contributed by atoms with Crippen molar-refractivity contribution in [3.8, 4) is 17.1 Å². The number of nitrogens with one attached hydrogen (secondary N) is 1. The largest absolute Gasteiger partial charge is 0.497 e. The summed E-state index contributed by atoms with van der Waals surface area (Å²) in [6.07, 6.45) is 1.91. The molecule has 34 heavy (non-hydrogen) atoms. The van der Waals surface area contributed by atoms with Gasteiger partial charge in [-0.15, -0.1) is 11.3 Å². The second-order valence-corrected chi connectivity index (χ2v) is 9.75. The molecule has 2 fully saturated rings. The zero-order valence-electron chi connectivity index (χ0n) is 19.2. The van der Waals surface area contributed by atoms with Crippen LogP contribution in [0.4, 0.5) is 5.00 Å². The molecule has 0 radical (unpaired) electrons. The standard InChI is InChI=1S/C24H27N5O4S/c1-15-13-20(26-23(30)17-3-4-17)34-21(15)24(31)29-11-9-28(10-12-29)14-19-25-22(27-33-19)16-5-7-18(32-2)8-6-16/h5-8,13,17H,3-4,9-12,14H2,1-2H3,(H,26,30). The number of methoxy groups -OCH3 is 1. The third-order valence-corrected chi connectivity index (χ3v) is 7.28. The Kier molecular flexibility index (Phi) is 6.34. The van der Waals surface area contributed by atoms with E-state index in [1.54, 1.807) is 7.11 Å². The molecule has 9 nitrogen and oxygen atoms in total. The molecule has 2 aliphatic rings. The van der Waals surface area contributed by atoms with Crippen molar-refractivity contribution in [1.29, 1.82) is 0 Å². The molecule has 1 N–H and O–H groups in total. The summed E-state index contributed by atoms with van der Waals surface area (Å²) in [6.45, 7) is 5.16. The van der Waals surface area contributed by atoms with Crippen molar-refractivity contribution < 1.29 is 18.8 Å². The number of benzene rings is 1. The molecular formula is C24H27N5O4S. The van der Waals surface area contributed by atoms with Gasteiger partial charge in [-0.3, -0.25) is 14.5 Å². The zero-order valence-corrected chi connectivity index (χ0v) is 20.1. The number of rotatable bonds is 7. The van der Waals surface area contributed by atoms with Gasteiger partial charge in [-0.1, -0.05) is 5.16 Å². The van der Waals surface area contributed by atoms with Crippen molar-refractivity contribution in [2.75, 3.05) is 38.6 Å². The monoisotopic (exact) mass is 481 g/mol. The van der Waals surface area contributed by atoms with Gasteiger partial charge in [-0.25, -0.2) is 0 Å². The van der Waals surface area contributed by atoms with Crippen molar-refractivity contribution in [3.05, 3.63) is 46.7 Å². The Balaban J connectivity index is 1.14. The van der Waals surface area contributed by atoms with E-state index in [1.165, 1.54) is 11.3 Å². The van der Waals surface area contributed by atoms with Gasteiger partial charge >= 0.3 is 0 Å². The fraction of sp³-hybridized carbons (Fsp3) is 0.417. The molecule has 1 aliphatic heterocycles. The lowest BCUT2D eigenvalue weighted by molar-refractivity contribution is -0.117. The van der Waals surface area contributed by atoms with Gasteiger partial charge in [0, 0.05) is 37.7 Å². The average molecular weight is 482 g/mol. The number of aromatic nitrogens is 2. The lowest BCUT2D eigenvalue weighted by atomic mass is 10.2. The Morgan fingerprint density at radius 2 is 1.91 bits per heavy atom. The van der Waals surface area contributed by atoms with Gasteiger partial charge in [-0.2, -0.15) is 4.98 Å². The zero-order chi connectivity index (χ0) is 23.7. The number of hydrogen-bond acceptors (Lipinski definition) is 8. The van der Waals surface area contributed by atoms with E-state index in [4.69, 9.17) is 9.26 Å². The van der Waals surface area contributed by atoms with Crippen molar-refractivity contribution in [2.24, 2.45) is 5.92 Å². The molecule has 10 heteroatoms. The molecular weight excluding hydrogens is 454 g/mol. The summed E-state index contributed by atoms with van der Waals surface area (Å²) < 4.78 is 10.6. The first-order valence-corrected chi connectivity index (χ1v) is 12.2. The van der Waals surface area contributed by atoms with Crippen molar-refractivity contribution >= 4 is 28.2 Å². The third-order valence-electron chi connectivity index (χ3n) is 6.14. The van der Waals surface area contributed by atoms with E-state index >= 15 is 0 Å². The van der Waals surface area contributed by atoms with Crippen LogP contribution in [-0.2, 0) is 11.3 Å². The molecule has 178 valence electrons. The molecule has 0 bridgehead atoms. The highest BCUT2D eigenvalue weighted by atomic mass is 32.1. The van der Waals surface area contributed by atoms with Crippen molar-refractivity contribution in [1.82, 2.24) is 19.9 Å². The van der Waals surface area contributed by atoms with Crippen LogP contribution in [0, 0.1) is 12.8 Å². The van der Waals surface area contributed by atoms with Crippen molar-refractivity contribution in [2.45, 2.75) is 26.3 Å². The number of amides is 2. The molecule has 0 atom stereocenters. The molecule has 2 aromatic heterocycles. The Morgan fingerprint density at radius 3 is 2.59 bits per heavy atom. The van der Waals surface area contributed by atoms with Crippen LogP contribution in [0.3, 0.4) is 0 Å². The molecule has 1 aliphatic carbocycles. The Hall–Kier alpha value is -3.24. The van der Waals surface area contributed by atoms with Gasteiger partial charge in [0.05, 0.1) is 23.5 Å². The van der Waals surface area contributed by atoms with E-state index in [0.29, 0.717) is 36.2 Å². The summed E-state index contributed by atoms with van der Waals surface area (Å²) >= 11 is 1.36. The molecule has 1 aromatic carbocycles. The number of carbonyl (C=O) groups is 2. The van der Waals surface area contributed by atoms with Crippen LogP contribution < -0.4 is 10.1 Å². The Labute approximate surface area is 201 Å². The summed E-state index contributed by atoms with van der Waals surface area (Å²) in [7, 11) is 1.63. The first kappa shape index (κ1) is 22.5. The van der Waals surface area contributed by atoms with Crippen LogP contribution in [0.1, 0.15) is 34.0 Å². The minimum atomic E-state index is 0.0219. The van der Waals surface area contributed by atoms with E-state index in [9.17, 15) is 9.59 Å². The topological polar surface area (TPSA) is 101 Å². The number of nitrogens with zero attached hydrogens (tertiary/aromatic N) is 4. The highest BCUT2D eigenvalue weighted by Gasteiger charge is 2.31. The van der Waals surface area contributed by atoms with Crippen LogP contribution in [0.2, 0.25) is 0 Å². The smallest absolute Gasteiger partial charge is 0.264 e. The second-order valence-electron chi connectivity index (χ2n) is 8.69. The summed E-state index contributed by atoms with van der Waals surface area (Å²) in [4.78, 5) is 34.4. The minimum Gasteiger partial charge on any atom is -0.497 e. The molecule has 1 saturated heterocycles. The number of ether oxygens (including phenoxy) is 1. The fourth-order valence-corrected chi connectivity index (χ4v) is 4.99. The SMILES string of the molecule is COc1ccc(-c2noc(CN3CCN(C(=O)c4sc(NC(=O)C5CC5)cc4C)CC3)n2)cc1. The number of aryl methyl sites for hydroxylation is 1. The first-order valence-electron chi connectivity index (χ1n) is 11.4. The molecule has 5 rings (SSSR count). The van der Waals surface area contributed by atoms with Crippen LogP contribution in [-0.4, -0.2) is 65.0 Å². The number of carbonyl (C=O) groups excluding carboxylic acids is 2. The number of piperazine rings is 1. The van der Waals surface area contributed by atoms with E-state index in [2.05, 4.69) is 20.4 Å². The van der Waals surface area contributed by atoms with E-state index in [1.807, 2.05) is 42.2 Å². The van der Waals surface area contributed by atoms with Crippen LogP contribution in [0.5, 0.6) is 5.75 Å². The maximum absolute atomic E-state index is 13.1. The number of anilines is 1. The Morgan fingerprint density at radius 1 is 1.18 bits per heavy atom. The van der Waals surface area contributed by atoms with E-state index in [-0.39, 0.29) is 17.7 Å². The minimum absolute atomic E-state index is 0.0219. The van der Waals surface area contributed by atoms with Gasteiger partial charge in [0.1, 0.15) is 5.75 Å². The van der Waals surface area contributed by atoms with Crippen LogP contribution >= 0.6 is 11.3 Å². The molecule has 1 saturated carbocycles. The molecule has 0 spiro atoms. The van der Waals surface area contributed by atoms with Crippen molar-refractivity contribution in [3.63, 3.8) is 0 Å². The van der Waals surface area contributed by atoms with Gasteiger partial charge in [0.25, 0.3) is 5.91 Å². The molecule has 3 heterocycles. The maximum Gasteiger partial charge on any atom is 0.264 e. The third kappa shape index (κ3) is 4.97. The average Bonchev–Trinajstić information content (AvgIpc) is 3.51. The second kappa shape index (κ2) is 9.55. The van der Waals surface area contributed by atoms with E-state index in [0.717, 1.165) is 47.8 Å². The lowest BCUT2D eigenvalue weighted by Gasteiger charge is -2.33. The van der Waals surface area contributed by atoms with Gasteiger partial charge in [0.15, 0.2) is 0 Å². The molecule has 2 amide bonds. The Bertz CT molecular complexity index is 1180. The summed E-state index contributed by atoms with van der Waals surface area (Å²) in [6, 6.07) is 9.41. The van der Waals surface area contributed by atoms with E-state index < -0.39 is 0 Å². The normalized spacial score (nSPS) is 16.5. The lowest BCUT2D eigenvalue weighted by Crippen LogP contribution is -2.48. The first-order chi connectivity index (χ1) is 16.5. The molecule has 3 aromatic rings. The molecule has 0 unspecified atom stereocenters. The fourth-order valence-electron chi connectivity index (χ4n) is 3.95. The summed E-state index contributed by atoms with van der Waals surface area (Å²) in [5.41, 5.74) is 1.77. The number of hydrogen-bond donors (Lipinski definition) is 1. The highest BCUT2D eigenvalue weighted by molar-refractivity contribution is 7.18. The predicted molar refractivity (Wildman–Crippen MR) is 128 cm³/mol. The quantitative estimate of drug-likeness (QED) is 0.552. The van der Waals surface area contributed by atoms with Gasteiger partial charge in [0.2, 0.25) is 17.6 Å². The summed E-state index contributed by atoms with van der Waals surface area (Å²) in [5, 5.41) is 7.79. The summed E-state index contributed by atoms with van der Waals surface area (Å²) in [5.74, 6) is 2.09. The predicted octanol–water partition coefficient (Wildman–Crippen LogP) is 3.42. The number of thiophene rings is 1. The maximum atomic E-state index is 13.1. The van der Waals surface area contributed by atoms with Crippen LogP contribution in [0.15, 0.2) is 34.9 Å². The highest BCUT2D eigenvalue weighted by Crippen LogP contribution is 2.33.